The highest BCUT2D eigenvalue weighted by Crippen LogP contribution is 2.14. The summed E-state index contributed by atoms with van der Waals surface area (Å²) in [7, 11) is 0. The summed E-state index contributed by atoms with van der Waals surface area (Å²) in [5, 5.41) is 0. The number of rotatable bonds is 46. The van der Waals surface area contributed by atoms with E-state index in [1.54, 1.807) is 0 Å². The molecular formula is C43H86O8. The van der Waals surface area contributed by atoms with Gasteiger partial charge in [-0.1, -0.05) is 168 Å². The van der Waals surface area contributed by atoms with Crippen molar-refractivity contribution >= 4 is 5.97 Å². The van der Waals surface area contributed by atoms with E-state index < -0.39 is 0 Å². The van der Waals surface area contributed by atoms with Crippen LogP contribution in [0.15, 0.2) is 0 Å². The largest absolute Gasteiger partial charge is 0.463 e. The van der Waals surface area contributed by atoms with Gasteiger partial charge in [0, 0.05) is 13.0 Å². The van der Waals surface area contributed by atoms with Crippen molar-refractivity contribution in [3.05, 3.63) is 0 Å². The molecule has 0 spiro atoms. The molecule has 51 heavy (non-hydrogen) atoms. The maximum absolute atomic E-state index is 11.9. The van der Waals surface area contributed by atoms with Gasteiger partial charge in [-0.15, -0.1) is 0 Å². The van der Waals surface area contributed by atoms with Gasteiger partial charge >= 0.3 is 5.97 Å². The Bertz CT molecular complexity index is 635. The smallest absolute Gasteiger partial charge is 0.305 e. The Kier molecular flexibility index (Phi) is 46.5. The summed E-state index contributed by atoms with van der Waals surface area (Å²) >= 11 is 0. The van der Waals surface area contributed by atoms with Crippen molar-refractivity contribution in [1.82, 2.24) is 0 Å². The van der Waals surface area contributed by atoms with Crippen LogP contribution >= 0.6 is 0 Å². The van der Waals surface area contributed by atoms with Gasteiger partial charge in [-0.3, -0.25) is 4.79 Å². The molecule has 8 heteroatoms. The summed E-state index contributed by atoms with van der Waals surface area (Å²) in [4.78, 5) is 11.9. The van der Waals surface area contributed by atoms with Crippen molar-refractivity contribution in [3.63, 3.8) is 0 Å². The van der Waals surface area contributed by atoms with Crippen LogP contribution < -0.4 is 0 Å². The summed E-state index contributed by atoms with van der Waals surface area (Å²) in [6, 6.07) is 0. The number of esters is 1. The van der Waals surface area contributed by atoms with Crippen LogP contribution in [0.25, 0.3) is 0 Å². The predicted octanol–water partition coefficient (Wildman–Crippen LogP) is 11.2. The van der Waals surface area contributed by atoms with Crippen LogP contribution in [-0.4, -0.2) is 91.9 Å². The van der Waals surface area contributed by atoms with E-state index in [0.717, 1.165) is 25.9 Å². The molecule has 0 unspecified atom stereocenters. The van der Waals surface area contributed by atoms with Crippen molar-refractivity contribution < 1.29 is 38.0 Å². The first-order valence-electron chi connectivity index (χ1n) is 21.9. The molecule has 0 radical (unpaired) electrons. The number of hydrogen-bond acceptors (Lipinski definition) is 8. The van der Waals surface area contributed by atoms with Gasteiger partial charge in [0.15, 0.2) is 0 Å². The first kappa shape index (κ1) is 50.2. The molecule has 0 aliphatic heterocycles. The lowest BCUT2D eigenvalue weighted by atomic mass is 10.0. The van der Waals surface area contributed by atoms with Crippen LogP contribution in [0.5, 0.6) is 0 Å². The maximum atomic E-state index is 11.9. The van der Waals surface area contributed by atoms with Gasteiger partial charge in [-0.05, 0) is 12.8 Å². The zero-order chi connectivity index (χ0) is 36.8. The fraction of sp³-hybridized carbons (Fsp3) is 0.977. The molecule has 0 amide bonds. The Morgan fingerprint density at radius 2 is 0.510 bits per heavy atom. The average Bonchev–Trinajstić information content (AvgIpc) is 3.14. The van der Waals surface area contributed by atoms with Gasteiger partial charge in [0.25, 0.3) is 0 Å². The van der Waals surface area contributed by atoms with E-state index in [1.165, 1.54) is 148 Å². The maximum Gasteiger partial charge on any atom is 0.305 e. The second kappa shape index (κ2) is 47.3. The first-order chi connectivity index (χ1) is 25.3. The van der Waals surface area contributed by atoms with Crippen LogP contribution in [0.2, 0.25) is 0 Å². The van der Waals surface area contributed by atoms with Gasteiger partial charge in [-0.25, -0.2) is 0 Å². The van der Waals surface area contributed by atoms with Gasteiger partial charge in [0.1, 0.15) is 6.61 Å². The summed E-state index contributed by atoms with van der Waals surface area (Å²) in [5.41, 5.74) is 0. The van der Waals surface area contributed by atoms with Crippen LogP contribution in [0.1, 0.15) is 187 Å². The third-order valence-electron chi connectivity index (χ3n) is 9.23. The predicted molar refractivity (Wildman–Crippen MR) is 212 cm³/mol. The van der Waals surface area contributed by atoms with Crippen molar-refractivity contribution in [1.29, 1.82) is 0 Å². The summed E-state index contributed by atoms with van der Waals surface area (Å²) in [6.45, 7) is 11.6. The number of carbonyl (C=O) groups is 1. The lowest BCUT2D eigenvalue weighted by molar-refractivity contribution is -0.145. The molecular weight excluding hydrogens is 644 g/mol. The second-order valence-corrected chi connectivity index (χ2v) is 14.1. The first-order valence-corrected chi connectivity index (χ1v) is 21.9. The fourth-order valence-electron chi connectivity index (χ4n) is 6.00. The summed E-state index contributed by atoms with van der Waals surface area (Å²) < 4.78 is 38.6. The van der Waals surface area contributed by atoms with E-state index in [9.17, 15) is 4.79 Å². The van der Waals surface area contributed by atoms with Crippen LogP contribution in [-0.2, 0) is 38.0 Å². The lowest BCUT2D eigenvalue weighted by Gasteiger charge is -2.08. The van der Waals surface area contributed by atoms with Crippen molar-refractivity contribution in [3.8, 4) is 0 Å². The molecule has 0 atom stereocenters. The Hall–Kier alpha value is -0.770. The molecule has 0 rings (SSSR count). The molecule has 0 aliphatic rings. The highest BCUT2D eigenvalue weighted by atomic mass is 16.6. The monoisotopic (exact) mass is 731 g/mol. The molecule has 0 heterocycles. The molecule has 0 aromatic rings. The summed E-state index contributed by atoms with van der Waals surface area (Å²) in [5.74, 6) is -0.119. The average molecular weight is 731 g/mol. The molecule has 0 fully saturated rings. The zero-order valence-electron chi connectivity index (χ0n) is 34.1. The van der Waals surface area contributed by atoms with Crippen LogP contribution in [0.3, 0.4) is 0 Å². The SMILES string of the molecule is CCCCCCCCCCCCCCCOCCOCCOCCOCCOCCOCCOC(=O)CCCCCCCCCCCCCCC. The number of unbranched alkanes of at least 4 members (excludes halogenated alkanes) is 24. The number of carbonyl (C=O) groups excluding carboxylic acids is 1. The quantitative estimate of drug-likeness (QED) is 0.0452. The Balaban J connectivity index is 3.12. The number of hydrogen-bond donors (Lipinski definition) is 0. The Labute approximate surface area is 316 Å². The third-order valence-corrected chi connectivity index (χ3v) is 9.23. The van der Waals surface area contributed by atoms with Gasteiger partial charge in [0.05, 0.1) is 72.7 Å². The van der Waals surface area contributed by atoms with Gasteiger partial charge in [0.2, 0.25) is 0 Å². The molecule has 306 valence electrons. The van der Waals surface area contributed by atoms with E-state index >= 15 is 0 Å². The highest BCUT2D eigenvalue weighted by Gasteiger charge is 2.03. The normalized spacial score (nSPS) is 11.5. The minimum Gasteiger partial charge on any atom is -0.463 e. The second-order valence-electron chi connectivity index (χ2n) is 14.1. The van der Waals surface area contributed by atoms with Gasteiger partial charge in [-0.2, -0.15) is 0 Å². The van der Waals surface area contributed by atoms with Crippen LogP contribution in [0, 0.1) is 0 Å². The molecule has 0 bridgehead atoms. The standard InChI is InChI=1S/C43H86O8/c1-3-5-7-9-11-13-15-17-19-21-23-25-27-29-43(44)51-42-41-50-40-39-49-38-37-48-36-35-47-34-33-46-32-31-45-30-28-26-24-22-20-18-16-14-12-10-8-6-4-2/h3-42H2,1-2H3. The third kappa shape index (κ3) is 47.2. The van der Waals surface area contributed by atoms with Crippen molar-refractivity contribution in [2.24, 2.45) is 0 Å². The Morgan fingerprint density at radius 3 is 0.824 bits per heavy atom. The van der Waals surface area contributed by atoms with Gasteiger partial charge < -0.3 is 33.2 Å². The molecule has 0 aromatic heterocycles. The van der Waals surface area contributed by atoms with Crippen molar-refractivity contribution in [2.75, 3.05) is 85.9 Å². The lowest BCUT2D eigenvalue weighted by Crippen LogP contribution is -2.15. The molecule has 8 nitrogen and oxygen atoms in total. The highest BCUT2D eigenvalue weighted by molar-refractivity contribution is 5.69. The minimum atomic E-state index is -0.119. The topological polar surface area (TPSA) is 81.7 Å². The molecule has 0 saturated heterocycles. The van der Waals surface area contributed by atoms with E-state index in [-0.39, 0.29) is 5.97 Å². The molecule has 0 saturated carbocycles. The Morgan fingerprint density at radius 1 is 0.275 bits per heavy atom. The number of ether oxygens (including phenoxy) is 7. The van der Waals surface area contributed by atoms with E-state index in [4.69, 9.17) is 33.2 Å². The molecule has 0 aliphatic carbocycles. The minimum absolute atomic E-state index is 0.119. The fourth-order valence-corrected chi connectivity index (χ4v) is 6.00. The van der Waals surface area contributed by atoms with Crippen molar-refractivity contribution in [2.45, 2.75) is 187 Å². The van der Waals surface area contributed by atoms with E-state index in [0.29, 0.717) is 85.7 Å². The molecule has 0 aromatic carbocycles. The molecule has 0 N–H and O–H groups in total. The zero-order valence-corrected chi connectivity index (χ0v) is 34.1. The van der Waals surface area contributed by atoms with E-state index in [1.807, 2.05) is 0 Å². The van der Waals surface area contributed by atoms with Crippen LogP contribution in [0.4, 0.5) is 0 Å². The van der Waals surface area contributed by atoms with E-state index in [2.05, 4.69) is 13.8 Å². The summed E-state index contributed by atoms with van der Waals surface area (Å²) in [6.07, 6.45) is 35.3.